The van der Waals surface area contributed by atoms with Gasteiger partial charge in [-0.2, -0.15) is 10.0 Å². The summed E-state index contributed by atoms with van der Waals surface area (Å²) in [6.07, 6.45) is 0.851. The number of hydrazine groups is 2. The van der Waals surface area contributed by atoms with Crippen LogP contribution in [-0.4, -0.2) is 98.2 Å². The number of aromatic nitrogens is 1. The van der Waals surface area contributed by atoms with Crippen molar-refractivity contribution in [2.45, 2.75) is 104 Å². The minimum absolute atomic E-state index is 0.0245. The van der Waals surface area contributed by atoms with Gasteiger partial charge in [0.1, 0.15) is 35.6 Å². The first-order valence-electron chi connectivity index (χ1n) is 22.1. The van der Waals surface area contributed by atoms with Crippen LogP contribution in [0.3, 0.4) is 0 Å². The number of fused-ring (bicyclic) bond motifs is 2. The van der Waals surface area contributed by atoms with E-state index in [0.29, 0.717) is 22.9 Å². The van der Waals surface area contributed by atoms with Crippen molar-refractivity contribution < 1.29 is 47.9 Å². The van der Waals surface area contributed by atoms with Crippen molar-refractivity contribution in [3.05, 3.63) is 92.0 Å². The molecule has 2 aliphatic rings. The Morgan fingerprint density at radius 1 is 0.458 bits per heavy atom. The molecule has 0 radical (unpaired) electrons. The lowest BCUT2D eigenvalue weighted by molar-refractivity contribution is -0.132. The van der Waals surface area contributed by atoms with Crippen LogP contribution in [0.2, 0.25) is 40.2 Å². The Kier molecular flexibility index (Phi) is 19.6. The Labute approximate surface area is 452 Å². The number of imide groups is 2. The molecule has 0 bridgehead atoms. The predicted molar refractivity (Wildman–Crippen MR) is 270 cm³/mol. The molecule has 2 aromatic carbocycles. The molecule has 2 unspecified atom stereocenters. The number of amides is 10. The van der Waals surface area contributed by atoms with Crippen LogP contribution in [0.5, 0.6) is 0 Å². The van der Waals surface area contributed by atoms with Crippen molar-refractivity contribution in [1.82, 2.24) is 47.1 Å². The van der Waals surface area contributed by atoms with Crippen LogP contribution >= 0.6 is 92.8 Å². The summed E-state index contributed by atoms with van der Waals surface area (Å²) in [6.45, 7) is 10.5. The molecule has 10 amide bonds. The average molecular weight is 1160 g/mol. The Bertz CT molecular complexity index is 2520. The maximum atomic E-state index is 13.8. The zero-order valence-electron chi connectivity index (χ0n) is 38.9. The first-order chi connectivity index (χ1) is 33.8. The Morgan fingerprint density at radius 3 is 1.01 bits per heavy atom. The molecular formula is C45H45Cl8N9O10. The largest absolute Gasteiger partial charge is 0.342 e. The molecule has 0 spiro atoms. The maximum Gasteiger partial charge on any atom is 0.282 e. The third kappa shape index (κ3) is 12.3. The van der Waals surface area contributed by atoms with E-state index in [4.69, 9.17) is 92.8 Å². The van der Waals surface area contributed by atoms with E-state index in [9.17, 15) is 47.9 Å². The average Bonchev–Trinajstić information content (AvgIpc) is 3.72. The molecule has 19 nitrogen and oxygen atoms in total. The van der Waals surface area contributed by atoms with E-state index in [2.05, 4.69) is 37.1 Å². The van der Waals surface area contributed by atoms with Crippen molar-refractivity contribution in [3.63, 3.8) is 0 Å². The molecule has 4 atom stereocenters. The first kappa shape index (κ1) is 57.9. The fourth-order valence-corrected chi connectivity index (χ4v) is 9.52. The van der Waals surface area contributed by atoms with Crippen molar-refractivity contribution in [3.8, 4) is 0 Å². The number of nitrogens with zero attached hydrogens (tertiary/aromatic N) is 3. The van der Waals surface area contributed by atoms with E-state index in [0.717, 1.165) is 0 Å². The summed E-state index contributed by atoms with van der Waals surface area (Å²) in [6, 6.07) is -1.32. The molecule has 1 aromatic heterocycles. The second kappa shape index (κ2) is 24.4. The zero-order valence-corrected chi connectivity index (χ0v) is 44.9. The number of carbonyl (C=O) groups excluding carboxylic acids is 10. The molecule has 386 valence electrons. The van der Waals surface area contributed by atoms with Gasteiger partial charge in [0.2, 0.25) is 11.8 Å². The monoisotopic (exact) mass is 1150 g/mol. The fraction of sp³-hybridized carbons (Fsp3) is 0.400. The quantitative estimate of drug-likeness (QED) is 0.0361. The summed E-state index contributed by atoms with van der Waals surface area (Å²) in [5.41, 5.74) is 2.28. The lowest BCUT2D eigenvalue weighted by atomic mass is 10.0. The number of benzene rings is 2. The van der Waals surface area contributed by atoms with Crippen LogP contribution in [0.4, 0.5) is 0 Å². The number of nitrogens with one attached hydrogen (secondary N) is 6. The summed E-state index contributed by atoms with van der Waals surface area (Å²) < 4.78 is 0. The highest BCUT2D eigenvalue weighted by atomic mass is 35.5. The molecule has 5 rings (SSSR count). The second-order valence-corrected chi connectivity index (χ2v) is 20.3. The van der Waals surface area contributed by atoms with E-state index >= 15 is 0 Å². The number of halogens is 8. The standard InChI is InChI=1S/C45H45Cl8N9O10/c1-7-10-18(40(67)59-61-42(69)24-25(43(61)70)29(47)33(51)32(50)28(24)46)55-38(65)22(14-16(3)4)57-36(63)20-12-9-13-21(54-20)37(64)58-23(15-17(5)6)39(66)56-19(11-8-2)41(68)60-62-44(71)26-27(45(62)72)31(49)35(53)34(52)30(26)48/h9,12-13,16-19,22-23H,7-8,10-11,14-15H2,1-6H3,(H,55,65)(H,56,66)(H,57,63)(H,58,64)(H,59,67)(H,60,68)/t18?,19?,22-,23-/m0/s1. The molecule has 3 heterocycles. The van der Waals surface area contributed by atoms with Crippen LogP contribution in [0.25, 0.3) is 0 Å². The summed E-state index contributed by atoms with van der Waals surface area (Å²) in [5, 5.41) is 8.55. The first-order valence-corrected chi connectivity index (χ1v) is 25.1. The van der Waals surface area contributed by atoms with E-state index in [-0.39, 0.29) is 111 Å². The Balaban J connectivity index is 1.26. The van der Waals surface area contributed by atoms with Gasteiger partial charge in [0, 0.05) is 0 Å². The summed E-state index contributed by atoms with van der Waals surface area (Å²) >= 11 is 49.3. The molecule has 72 heavy (non-hydrogen) atoms. The van der Waals surface area contributed by atoms with Crippen LogP contribution in [-0.2, 0) is 19.2 Å². The van der Waals surface area contributed by atoms with Crippen LogP contribution < -0.4 is 32.1 Å². The lowest BCUT2D eigenvalue weighted by Crippen LogP contribution is -2.57. The number of carbonyl (C=O) groups is 10. The second-order valence-electron chi connectivity index (χ2n) is 17.3. The lowest BCUT2D eigenvalue weighted by Gasteiger charge is -2.25. The fourth-order valence-electron chi connectivity index (χ4n) is 7.50. The van der Waals surface area contributed by atoms with E-state index < -0.39 is 83.2 Å². The topological polar surface area (TPSA) is 262 Å². The normalized spacial score (nSPS) is 14.7. The third-order valence-electron chi connectivity index (χ3n) is 10.9. The third-order valence-corrected chi connectivity index (χ3v) is 14.5. The SMILES string of the molecule is CCCC(NC(=O)[C@H](CC(C)C)NC(=O)c1cccc(C(=O)N[C@@H](CC(C)C)C(=O)NC(CCC)C(=O)NN2C(=O)c3c(Cl)c(Cl)c(Cl)c(Cl)c3C2=O)n1)C(=O)NN1C(=O)c2c(Cl)c(Cl)c(Cl)c(Cl)c2C1=O. The van der Waals surface area contributed by atoms with Gasteiger partial charge in [0.25, 0.3) is 47.3 Å². The van der Waals surface area contributed by atoms with Crippen molar-refractivity contribution in [2.75, 3.05) is 0 Å². The number of hydrogen-bond acceptors (Lipinski definition) is 11. The summed E-state index contributed by atoms with van der Waals surface area (Å²) in [7, 11) is 0. The molecule has 3 aromatic rings. The van der Waals surface area contributed by atoms with Crippen LogP contribution in [0, 0.1) is 11.8 Å². The van der Waals surface area contributed by atoms with Gasteiger partial charge >= 0.3 is 0 Å². The smallest absolute Gasteiger partial charge is 0.282 e. The van der Waals surface area contributed by atoms with Crippen LogP contribution in [0.15, 0.2) is 18.2 Å². The van der Waals surface area contributed by atoms with Gasteiger partial charge in [-0.05, 0) is 49.7 Å². The van der Waals surface area contributed by atoms with Gasteiger partial charge in [-0.1, -0.05) is 153 Å². The number of rotatable bonds is 20. The molecule has 27 heteroatoms. The maximum absolute atomic E-state index is 13.8. The molecule has 0 aliphatic carbocycles. The van der Waals surface area contributed by atoms with Crippen molar-refractivity contribution in [2.24, 2.45) is 11.8 Å². The predicted octanol–water partition coefficient (Wildman–Crippen LogP) is 7.82. The van der Waals surface area contributed by atoms with E-state index in [1.807, 2.05) is 0 Å². The van der Waals surface area contributed by atoms with Gasteiger partial charge in [0.05, 0.1) is 62.4 Å². The molecule has 2 aliphatic heterocycles. The zero-order chi connectivity index (χ0) is 53.8. The Hall–Kier alpha value is -4.99. The van der Waals surface area contributed by atoms with E-state index in [1.165, 1.54) is 18.2 Å². The van der Waals surface area contributed by atoms with Gasteiger partial charge in [-0.3, -0.25) is 58.8 Å². The molecular weight excluding hydrogens is 1110 g/mol. The summed E-state index contributed by atoms with van der Waals surface area (Å²) in [5.74, 6) is -9.93. The van der Waals surface area contributed by atoms with Gasteiger partial charge < -0.3 is 21.3 Å². The van der Waals surface area contributed by atoms with E-state index in [1.54, 1.807) is 41.5 Å². The van der Waals surface area contributed by atoms with Crippen LogP contribution in [0.1, 0.15) is 142 Å². The molecule has 0 saturated carbocycles. The van der Waals surface area contributed by atoms with Crippen molar-refractivity contribution >= 4 is 152 Å². The minimum atomic E-state index is -1.33. The molecule has 0 fully saturated rings. The van der Waals surface area contributed by atoms with Gasteiger partial charge in [-0.15, -0.1) is 0 Å². The highest BCUT2D eigenvalue weighted by molar-refractivity contribution is 6.56. The summed E-state index contributed by atoms with van der Waals surface area (Å²) in [4.78, 5) is 140. The highest BCUT2D eigenvalue weighted by Crippen LogP contribution is 2.46. The molecule has 0 saturated heterocycles. The molecule has 6 N–H and O–H groups in total. The number of hydrogen-bond donors (Lipinski definition) is 6. The van der Waals surface area contributed by atoms with Gasteiger partial charge in [-0.25, -0.2) is 4.98 Å². The minimum Gasteiger partial charge on any atom is -0.342 e. The highest BCUT2D eigenvalue weighted by Gasteiger charge is 2.45. The van der Waals surface area contributed by atoms with Gasteiger partial charge in [0.15, 0.2) is 0 Å². The Morgan fingerprint density at radius 2 is 0.750 bits per heavy atom. The van der Waals surface area contributed by atoms with Crippen molar-refractivity contribution in [1.29, 1.82) is 0 Å². The number of pyridine rings is 1.